The molecule has 8 heteroatoms. The molecule has 0 bridgehead atoms. The van der Waals surface area contributed by atoms with Crippen LogP contribution in [0.15, 0.2) is 114 Å². The van der Waals surface area contributed by atoms with Crippen LogP contribution in [0.5, 0.6) is 0 Å². The highest BCUT2D eigenvalue weighted by atomic mass is 16.4. The molecule has 5 aromatic rings. The van der Waals surface area contributed by atoms with Gasteiger partial charge >= 0.3 is 0 Å². The van der Waals surface area contributed by atoms with Gasteiger partial charge in [0, 0.05) is 66.6 Å². The second kappa shape index (κ2) is 11.2. The number of carbonyl (C=O) groups is 2. The van der Waals surface area contributed by atoms with Crippen molar-refractivity contribution in [2.24, 2.45) is 0 Å². The molecule has 1 aliphatic rings. The van der Waals surface area contributed by atoms with E-state index in [0.717, 1.165) is 24.3 Å². The first kappa shape index (κ1) is 25.1. The predicted molar refractivity (Wildman–Crippen MR) is 154 cm³/mol. The molecule has 0 saturated carbocycles. The summed E-state index contributed by atoms with van der Waals surface area (Å²) in [5, 5.41) is 2.88. The summed E-state index contributed by atoms with van der Waals surface area (Å²) in [5.74, 6) is 0.397. The molecular formula is C32H27N5O3. The first-order valence-electron chi connectivity index (χ1n) is 13.1. The first-order chi connectivity index (χ1) is 19.7. The zero-order chi connectivity index (χ0) is 27.3. The molecule has 2 aromatic heterocycles. The van der Waals surface area contributed by atoms with Gasteiger partial charge in [0.15, 0.2) is 11.5 Å². The third-order valence-electron chi connectivity index (χ3n) is 6.89. The monoisotopic (exact) mass is 529 g/mol. The van der Waals surface area contributed by atoms with Gasteiger partial charge in [-0.2, -0.15) is 0 Å². The molecule has 0 spiro atoms. The number of benzene rings is 3. The average Bonchev–Trinajstić information content (AvgIpc) is 3.48. The van der Waals surface area contributed by atoms with Crippen LogP contribution >= 0.6 is 0 Å². The van der Waals surface area contributed by atoms with E-state index in [1.54, 1.807) is 36.7 Å². The lowest BCUT2D eigenvalue weighted by Gasteiger charge is -2.35. The van der Waals surface area contributed by atoms with Gasteiger partial charge < -0.3 is 19.5 Å². The minimum absolute atomic E-state index is 0.163. The number of hydrogen-bond acceptors (Lipinski definition) is 6. The summed E-state index contributed by atoms with van der Waals surface area (Å²) in [7, 11) is 0. The van der Waals surface area contributed by atoms with Gasteiger partial charge in [0.2, 0.25) is 5.89 Å². The van der Waals surface area contributed by atoms with Crippen LogP contribution in [0.25, 0.3) is 22.8 Å². The number of carbonyl (C=O) groups excluding carboxylic acids is 2. The highest BCUT2D eigenvalue weighted by molar-refractivity contribution is 6.04. The molecule has 0 unspecified atom stereocenters. The topological polar surface area (TPSA) is 91.6 Å². The number of nitrogens with one attached hydrogen (secondary N) is 1. The second-order valence-corrected chi connectivity index (χ2v) is 9.44. The molecule has 0 aliphatic carbocycles. The lowest BCUT2D eigenvalue weighted by atomic mass is 10.1. The van der Waals surface area contributed by atoms with E-state index in [9.17, 15) is 9.59 Å². The molecule has 0 radical (unpaired) electrons. The molecule has 1 saturated heterocycles. The zero-order valence-corrected chi connectivity index (χ0v) is 21.7. The van der Waals surface area contributed by atoms with Crippen molar-refractivity contribution < 1.29 is 14.0 Å². The van der Waals surface area contributed by atoms with Gasteiger partial charge in [0.1, 0.15) is 0 Å². The van der Waals surface area contributed by atoms with E-state index < -0.39 is 0 Å². The van der Waals surface area contributed by atoms with Crippen molar-refractivity contribution in [1.29, 1.82) is 0 Å². The van der Waals surface area contributed by atoms with Gasteiger partial charge in [0.05, 0.1) is 0 Å². The highest BCUT2D eigenvalue weighted by Crippen LogP contribution is 2.32. The maximum atomic E-state index is 13.8. The molecule has 1 fully saturated rings. The van der Waals surface area contributed by atoms with Gasteiger partial charge in [-0.3, -0.25) is 14.6 Å². The minimum atomic E-state index is -0.230. The van der Waals surface area contributed by atoms with Crippen LogP contribution < -0.4 is 10.2 Å². The number of para-hydroxylation sites is 1. The number of nitrogens with zero attached hydrogens (tertiary/aromatic N) is 4. The van der Waals surface area contributed by atoms with Crippen molar-refractivity contribution in [3.05, 3.63) is 121 Å². The predicted octanol–water partition coefficient (Wildman–Crippen LogP) is 5.62. The van der Waals surface area contributed by atoms with E-state index in [2.05, 4.69) is 32.3 Å². The molecule has 2 amide bonds. The van der Waals surface area contributed by atoms with Crippen LogP contribution in [0.4, 0.5) is 11.4 Å². The van der Waals surface area contributed by atoms with Crippen LogP contribution in [0.1, 0.15) is 20.8 Å². The number of hydrogen-bond donors (Lipinski definition) is 1. The molecule has 1 aliphatic heterocycles. The van der Waals surface area contributed by atoms with Crippen molar-refractivity contribution in [2.45, 2.75) is 0 Å². The van der Waals surface area contributed by atoms with Gasteiger partial charge in [-0.15, -0.1) is 0 Å². The Labute approximate surface area is 231 Å². The molecule has 198 valence electrons. The summed E-state index contributed by atoms with van der Waals surface area (Å²) in [5.41, 5.74) is 4.06. The van der Waals surface area contributed by atoms with Crippen molar-refractivity contribution in [3.8, 4) is 22.8 Å². The summed E-state index contributed by atoms with van der Waals surface area (Å²) in [4.78, 5) is 39.0. The fourth-order valence-electron chi connectivity index (χ4n) is 4.73. The molecule has 0 atom stereocenters. The van der Waals surface area contributed by atoms with Crippen LogP contribution in [0.2, 0.25) is 0 Å². The second-order valence-electron chi connectivity index (χ2n) is 9.44. The number of piperazine rings is 1. The normalized spacial score (nSPS) is 13.2. The standard InChI is InChI=1S/C32H27N5O3/c38-30(24-15-17-33-18-16-24)34-26-13-11-23(12-14-26)29-28(35-31(40-29)25-7-3-1-4-8-25)32(39)37-21-19-36(20-22-37)27-9-5-2-6-10-27/h1-18H,19-22H2,(H,34,38). The molecular weight excluding hydrogens is 502 g/mol. The SMILES string of the molecule is O=C(Nc1ccc(-c2oc(-c3ccccc3)nc2C(=O)N2CCN(c3ccccc3)CC2)cc1)c1ccncc1. The number of pyridine rings is 1. The Hall–Kier alpha value is -5.24. The van der Waals surface area contributed by atoms with E-state index in [0.29, 0.717) is 41.6 Å². The van der Waals surface area contributed by atoms with E-state index >= 15 is 0 Å². The van der Waals surface area contributed by atoms with Crippen LogP contribution in [-0.4, -0.2) is 52.9 Å². The smallest absolute Gasteiger partial charge is 0.276 e. The molecule has 3 heterocycles. The van der Waals surface area contributed by atoms with Crippen LogP contribution in [0, 0.1) is 0 Å². The zero-order valence-electron chi connectivity index (χ0n) is 21.7. The summed E-state index contributed by atoms with van der Waals surface area (Å²) in [6, 6.07) is 30.3. The number of amides is 2. The molecule has 6 rings (SSSR count). The van der Waals surface area contributed by atoms with Gasteiger partial charge in [0.25, 0.3) is 11.8 Å². The molecule has 3 aromatic carbocycles. The quantitative estimate of drug-likeness (QED) is 0.307. The van der Waals surface area contributed by atoms with Crippen molar-refractivity contribution >= 4 is 23.2 Å². The maximum Gasteiger partial charge on any atom is 0.276 e. The largest absolute Gasteiger partial charge is 0.435 e. The minimum Gasteiger partial charge on any atom is -0.435 e. The van der Waals surface area contributed by atoms with E-state index in [-0.39, 0.29) is 17.5 Å². The number of anilines is 2. The Bertz CT molecular complexity index is 1600. The van der Waals surface area contributed by atoms with Crippen LogP contribution in [0.3, 0.4) is 0 Å². The third kappa shape index (κ3) is 5.33. The summed E-state index contributed by atoms with van der Waals surface area (Å²) < 4.78 is 6.22. The van der Waals surface area contributed by atoms with E-state index in [4.69, 9.17) is 4.42 Å². The fourth-order valence-corrected chi connectivity index (χ4v) is 4.73. The van der Waals surface area contributed by atoms with Gasteiger partial charge in [-0.1, -0.05) is 36.4 Å². The summed E-state index contributed by atoms with van der Waals surface area (Å²) in [6.07, 6.45) is 3.15. The van der Waals surface area contributed by atoms with Gasteiger partial charge in [-0.05, 0) is 60.7 Å². The molecule has 8 nitrogen and oxygen atoms in total. The van der Waals surface area contributed by atoms with Gasteiger partial charge in [-0.25, -0.2) is 4.98 Å². The van der Waals surface area contributed by atoms with Crippen molar-refractivity contribution in [2.75, 3.05) is 36.4 Å². The Balaban J connectivity index is 1.25. The van der Waals surface area contributed by atoms with Crippen molar-refractivity contribution in [1.82, 2.24) is 14.9 Å². The summed E-state index contributed by atoms with van der Waals surface area (Å²) in [6.45, 7) is 2.64. The lowest BCUT2D eigenvalue weighted by molar-refractivity contribution is 0.0741. The fraction of sp³-hybridized carbons (Fsp3) is 0.125. The number of aromatic nitrogens is 2. The van der Waals surface area contributed by atoms with Crippen molar-refractivity contribution in [3.63, 3.8) is 0 Å². The Morgan fingerprint density at radius 1 is 0.725 bits per heavy atom. The number of rotatable bonds is 6. The Morgan fingerprint density at radius 2 is 1.38 bits per heavy atom. The summed E-state index contributed by atoms with van der Waals surface area (Å²) >= 11 is 0. The van der Waals surface area contributed by atoms with E-state index in [1.807, 2.05) is 65.6 Å². The lowest BCUT2D eigenvalue weighted by Crippen LogP contribution is -2.49. The molecule has 1 N–H and O–H groups in total. The number of oxazole rings is 1. The Morgan fingerprint density at radius 3 is 2.05 bits per heavy atom. The molecule has 40 heavy (non-hydrogen) atoms. The highest BCUT2D eigenvalue weighted by Gasteiger charge is 2.29. The van der Waals surface area contributed by atoms with E-state index in [1.165, 1.54) is 0 Å². The first-order valence-corrected chi connectivity index (χ1v) is 13.1. The Kier molecular flexibility index (Phi) is 7.05. The maximum absolute atomic E-state index is 13.8. The third-order valence-corrected chi connectivity index (χ3v) is 6.89. The average molecular weight is 530 g/mol. The van der Waals surface area contributed by atoms with Crippen LogP contribution in [-0.2, 0) is 0 Å².